The van der Waals surface area contributed by atoms with Gasteiger partial charge in [-0.1, -0.05) is 246 Å². The van der Waals surface area contributed by atoms with Crippen LogP contribution >= 0.6 is 298 Å². The number of aromatic hydroxyl groups is 7. The maximum atomic E-state index is 12.8. The molecule has 14 aromatic rings. The molecular formula is C100H69Cl14I6N7O16. The van der Waals surface area contributed by atoms with Crippen molar-refractivity contribution in [3.63, 3.8) is 0 Å². The van der Waals surface area contributed by atoms with Crippen molar-refractivity contribution in [1.29, 1.82) is 5.26 Å². The van der Waals surface area contributed by atoms with E-state index in [-0.39, 0.29) is 128 Å². The number of amides is 6. The first-order valence-electron chi connectivity index (χ1n) is 40.4. The normalized spacial score (nSPS) is 10.7. The Morgan fingerprint density at radius 1 is 0.322 bits per heavy atom. The number of benzene rings is 14. The summed E-state index contributed by atoms with van der Waals surface area (Å²) in [6, 6.07) is 61.3. The van der Waals surface area contributed by atoms with Crippen molar-refractivity contribution in [2.45, 2.75) is 54.4 Å². The lowest BCUT2D eigenvalue weighted by atomic mass is 9.90. The lowest BCUT2D eigenvalue weighted by Crippen LogP contribution is -2.16. The number of nitrogens with zero attached hydrogens (tertiary/aromatic N) is 1. The van der Waals surface area contributed by atoms with E-state index >= 15 is 0 Å². The zero-order valence-electron chi connectivity index (χ0n) is 74.0. The minimum atomic E-state index is -0.788. The summed E-state index contributed by atoms with van der Waals surface area (Å²) in [5.74, 6) is -5.10. The molecule has 0 aliphatic rings. The molecule has 6 amide bonds. The van der Waals surface area contributed by atoms with E-state index in [4.69, 9.17) is 172 Å². The highest BCUT2D eigenvalue weighted by molar-refractivity contribution is 14.1. The second-order valence-corrected chi connectivity index (χ2v) is 42.9. The Hall–Kier alpha value is -8.30. The average molecular weight is 2880 g/mol. The molecule has 43 heteroatoms. The van der Waals surface area contributed by atoms with E-state index in [9.17, 15) is 74.6 Å². The molecule has 1 unspecified atom stereocenters. The molecule has 0 aliphatic carbocycles. The molecule has 1 atom stereocenters. The van der Waals surface area contributed by atoms with Crippen LogP contribution in [0.5, 0.6) is 57.5 Å². The maximum absolute atomic E-state index is 12.8. The molecule has 0 aliphatic heterocycles. The molecule has 13 N–H and O–H groups in total. The maximum Gasteiger partial charge on any atom is 0.308 e. The highest BCUT2D eigenvalue weighted by Gasteiger charge is 2.30. The van der Waals surface area contributed by atoms with E-state index in [0.717, 1.165) is 49.7 Å². The van der Waals surface area contributed by atoms with Gasteiger partial charge in [0.25, 0.3) is 35.4 Å². The predicted molar refractivity (Wildman–Crippen MR) is 623 cm³/mol. The standard InChI is InChI=1S/C23H17ClI2N2O2.C20H14ClI2NO3.C16H13I2NO3.2C14H9Cl4NO3.C13H7Cl4NO2/c1-12-3-5-14(6-4-12)18(11-27)16-7-13(2)21(10-19(16)24)28-23(30)17-8-15(25)9-20(26)22(17)29;1-11-2-5-14(6-3-11)27-18-7-4-13(10-16(18)21)24-20(26)15-8-12(22)9-17(23)19(15)25;1-9-4-3-5-12(6-9)19-16(21)13-7-11(17)8-14(18)15(13)22-10(2)20;2*1-5-2-7(16)12(20)9(3-5)19-14(22)10-11(18)6(15)4-8(17)13(10)21;14-8-7(12(19)11(17)10(16)9(8)15)13(20)18-6-4-2-1-3-5-6/h3-10,18,29H,1-2H3,(H,28,30);2-10,25H,1H3,(H,24,26);3-8H,1-2H3,(H,19,21);2*2-4,20-21H,1H3,(H,19,22);1-5,19H,(H,18,20). The second kappa shape index (κ2) is 54.1. The van der Waals surface area contributed by atoms with E-state index in [1.54, 1.807) is 98.8 Å². The average Bonchev–Trinajstić information content (AvgIpc) is 0.786. The summed E-state index contributed by atoms with van der Waals surface area (Å²) in [4.78, 5) is 85.8. The Balaban J connectivity index is 0.000000192. The van der Waals surface area contributed by atoms with Crippen molar-refractivity contribution < 1.29 is 78.8 Å². The number of para-hydroxylation sites is 1. The monoisotopic (exact) mass is 2870 g/mol. The third kappa shape index (κ3) is 32.1. The fourth-order valence-corrected chi connectivity index (χ4v) is 21.5. The molecule has 14 rings (SSSR count). The number of carbonyl (C=O) groups is 7. The molecule has 0 heterocycles. The smallest absolute Gasteiger partial charge is 0.308 e. The number of carbonyl (C=O) groups excluding carboxylic acids is 7. The van der Waals surface area contributed by atoms with Crippen LogP contribution in [0.25, 0.3) is 0 Å². The summed E-state index contributed by atoms with van der Waals surface area (Å²) in [5, 5.41) is 95.2. The molecule has 0 spiro atoms. The molecule has 0 aromatic heterocycles. The van der Waals surface area contributed by atoms with Gasteiger partial charge in [0, 0.05) is 45.4 Å². The summed E-state index contributed by atoms with van der Waals surface area (Å²) in [6.07, 6.45) is 0. The van der Waals surface area contributed by atoms with Crippen molar-refractivity contribution in [2.75, 3.05) is 31.9 Å². The van der Waals surface area contributed by atoms with Crippen molar-refractivity contribution in [3.05, 3.63) is 376 Å². The van der Waals surface area contributed by atoms with E-state index < -0.39 is 58.7 Å². The van der Waals surface area contributed by atoms with Gasteiger partial charge in [-0.2, -0.15) is 5.26 Å². The van der Waals surface area contributed by atoms with E-state index in [1.165, 1.54) is 43.3 Å². The number of hydrogen-bond donors (Lipinski definition) is 13. The Morgan fingerprint density at radius 2 is 0.734 bits per heavy atom. The number of aryl methyl sites for hydroxylation is 6. The van der Waals surface area contributed by atoms with E-state index in [1.807, 2.05) is 158 Å². The molecule has 0 radical (unpaired) electrons. The van der Waals surface area contributed by atoms with Gasteiger partial charge in [0.1, 0.15) is 62.0 Å². The van der Waals surface area contributed by atoms with Gasteiger partial charge in [0.05, 0.1) is 111 Å². The number of nitrogens with one attached hydrogen (secondary N) is 6. The third-order valence-corrected chi connectivity index (χ3v) is 28.8. The van der Waals surface area contributed by atoms with Crippen LogP contribution in [-0.4, -0.2) is 77.2 Å². The summed E-state index contributed by atoms with van der Waals surface area (Å²) in [7, 11) is 0. The number of hydrogen-bond acceptors (Lipinski definition) is 17. The van der Waals surface area contributed by atoms with Gasteiger partial charge < -0.3 is 77.1 Å². The van der Waals surface area contributed by atoms with Crippen molar-refractivity contribution >= 4 is 373 Å². The molecule has 0 saturated carbocycles. The number of nitriles is 1. The van der Waals surface area contributed by atoms with Crippen molar-refractivity contribution in [2.24, 2.45) is 0 Å². The molecule has 14 aromatic carbocycles. The topological polar surface area (TPSA) is 376 Å². The van der Waals surface area contributed by atoms with Gasteiger partial charge in [0.15, 0.2) is 17.2 Å². The van der Waals surface area contributed by atoms with Gasteiger partial charge in [-0.05, 0) is 344 Å². The summed E-state index contributed by atoms with van der Waals surface area (Å²) >= 11 is 95.3. The van der Waals surface area contributed by atoms with Crippen LogP contribution < -0.4 is 41.4 Å². The number of phenols is 7. The Morgan fingerprint density at radius 3 is 1.21 bits per heavy atom. The van der Waals surface area contributed by atoms with Crippen LogP contribution in [0.3, 0.4) is 0 Å². The highest BCUT2D eigenvalue weighted by atomic mass is 127. The molecular weight excluding hydrogens is 2810 g/mol. The first-order valence-corrected chi connectivity index (χ1v) is 52.1. The Labute approximate surface area is 970 Å². The Kier molecular flexibility index (Phi) is 44.7. The first-order chi connectivity index (χ1) is 67.3. The molecule has 0 bridgehead atoms. The largest absolute Gasteiger partial charge is 0.506 e. The van der Waals surface area contributed by atoms with Crippen LogP contribution in [-0.2, 0) is 4.79 Å². The summed E-state index contributed by atoms with van der Waals surface area (Å²) < 4.78 is 15.5. The lowest BCUT2D eigenvalue weighted by molar-refractivity contribution is -0.132. The van der Waals surface area contributed by atoms with Crippen LogP contribution in [0.4, 0.5) is 34.1 Å². The van der Waals surface area contributed by atoms with E-state index in [2.05, 4.69) is 128 Å². The molecule has 143 heavy (non-hydrogen) atoms. The number of ether oxygens (including phenoxy) is 2. The quantitative estimate of drug-likeness (QED) is 0.0101. The predicted octanol–water partition coefficient (Wildman–Crippen LogP) is 33.6. The molecule has 740 valence electrons. The van der Waals surface area contributed by atoms with Gasteiger partial charge >= 0.3 is 5.97 Å². The molecule has 0 fully saturated rings. The number of rotatable bonds is 17. The van der Waals surface area contributed by atoms with E-state index in [0.29, 0.717) is 71.9 Å². The minimum absolute atomic E-state index is 0.0149. The fraction of sp³-hybridized carbons (Fsp3) is 0.0800. The zero-order valence-corrected chi connectivity index (χ0v) is 97.5. The van der Waals surface area contributed by atoms with Gasteiger partial charge in [-0.15, -0.1) is 0 Å². The van der Waals surface area contributed by atoms with Crippen molar-refractivity contribution in [1.82, 2.24) is 0 Å². The summed E-state index contributed by atoms with van der Waals surface area (Å²) in [5.41, 5.74) is 9.41. The van der Waals surface area contributed by atoms with Gasteiger partial charge in [-0.3, -0.25) is 33.6 Å². The van der Waals surface area contributed by atoms with Gasteiger partial charge in [-0.25, -0.2) is 0 Å². The fourth-order valence-electron chi connectivity index (χ4n) is 12.5. The minimum Gasteiger partial charge on any atom is -0.506 e. The molecule has 0 saturated heterocycles. The van der Waals surface area contributed by atoms with Crippen LogP contribution in [0.2, 0.25) is 70.3 Å². The van der Waals surface area contributed by atoms with Crippen molar-refractivity contribution in [3.8, 4) is 63.6 Å². The SMILES string of the molecule is CC(=O)Oc1c(I)cc(I)cc1C(=O)Nc1cccc(C)c1.Cc1cc(Cl)c(O)c(NC(=O)c2c(O)c(Cl)cc(Cl)c2Cl)c1.Cc1cc(Cl)c(O)c(NC(=O)c2c(O)c(Cl)cc(Cl)c2Cl)c1.Cc1ccc(C(C#N)c2cc(C)c(NC(=O)c3cc(I)cc(I)c3O)cc2Cl)cc1.Cc1ccc(Oc2ccc(NC(=O)c3cc(I)cc(I)c3O)cc2Cl)cc1.O=C(Nc1ccccc1)c1c(O)c(Cl)c(Cl)c(Cl)c1Cl. The second-order valence-electron chi connectivity index (χ2n) is 30.1. The first kappa shape index (κ1) is 118. The van der Waals surface area contributed by atoms with Gasteiger partial charge in [0.2, 0.25) is 0 Å². The van der Waals surface area contributed by atoms with Crippen LogP contribution in [0.15, 0.2) is 206 Å². The van der Waals surface area contributed by atoms with Crippen LogP contribution in [0.1, 0.15) is 119 Å². The number of phenolic OH excluding ortho intramolecular Hbond substituents is 7. The third-order valence-electron chi connectivity index (χ3n) is 19.4. The van der Waals surface area contributed by atoms with Crippen LogP contribution in [0, 0.1) is 74.3 Å². The highest BCUT2D eigenvalue weighted by Crippen LogP contribution is 2.48. The number of esters is 1. The Bertz CT molecular complexity index is 7160. The number of halogens is 20. The zero-order chi connectivity index (χ0) is 106. The summed E-state index contributed by atoms with van der Waals surface area (Å²) in [6.45, 7) is 12.6. The molecule has 23 nitrogen and oxygen atoms in total. The lowest BCUT2D eigenvalue weighted by Gasteiger charge is -2.16. The number of anilines is 6.